The zero-order valence-electron chi connectivity index (χ0n) is 18.6. The van der Waals surface area contributed by atoms with Gasteiger partial charge in [-0.3, -0.25) is 0 Å². The number of imidazole rings is 2. The van der Waals surface area contributed by atoms with Crippen molar-refractivity contribution in [3.63, 3.8) is 0 Å². The summed E-state index contributed by atoms with van der Waals surface area (Å²) >= 11 is 0. The maximum absolute atomic E-state index is 13.8. The van der Waals surface area contributed by atoms with E-state index in [1.165, 1.54) is 16.7 Å². The van der Waals surface area contributed by atoms with E-state index in [2.05, 4.69) is 15.0 Å². The maximum atomic E-state index is 13.8. The summed E-state index contributed by atoms with van der Waals surface area (Å²) in [5.74, 6) is -1.82. The number of aromatic carboxylic acids is 1. The number of benzene rings is 3. The fourth-order valence-electron chi connectivity index (χ4n) is 4.69. The number of rotatable bonds is 3. The molecule has 0 radical (unpaired) electrons. The number of quaternary nitrogens is 1. The molecule has 2 aromatic heterocycles. The van der Waals surface area contributed by atoms with Crippen LogP contribution in [0.1, 0.15) is 10.4 Å². The van der Waals surface area contributed by atoms with Gasteiger partial charge < -0.3 is 20.3 Å². The van der Waals surface area contributed by atoms with Crippen molar-refractivity contribution >= 4 is 63.6 Å². The van der Waals surface area contributed by atoms with E-state index in [0.29, 0.717) is 22.1 Å². The number of para-hydroxylation sites is 5. The molecule has 3 aromatic carbocycles. The average Bonchev–Trinajstić information content (AvgIpc) is 3.53. The summed E-state index contributed by atoms with van der Waals surface area (Å²) in [7, 11) is 0. The quantitative estimate of drug-likeness (QED) is 0.259. The Kier molecular flexibility index (Phi) is 4.43. The zero-order chi connectivity index (χ0) is 26.1. The number of carbonyl (C=O) groups excluding carboxylic acids is 1. The number of carboxylic acids is 1. The van der Waals surface area contributed by atoms with E-state index >= 15 is 0 Å². The molecule has 13 heteroatoms. The second-order valence-electron chi connectivity index (χ2n) is 8.15. The number of carbonyl (C=O) groups is 4. The van der Waals surface area contributed by atoms with Gasteiger partial charge in [0.15, 0.2) is 5.69 Å². The lowest BCUT2D eigenvalue weighted by Gasteiger charge is -2.22. The maximum Gasteiger partial charge on any atom is 0.536 e. The first-order valence-electron chi connectivity index (χ1n) is 10.8. The van der Waals surface area contributed by atoms with Crippen LogP contribution in [-0.4, -0.2) is 59.0 Å². The zero-order valence-corrected chi connectivity index (χ0v) is 18.6. The molecule has 1 unspecified atom stereocenters. The Hall–Kier alpha value is -5.56. The summed E-state index contributed by atoms with van der Waals surface area (Å²) in [5, 5.41) is 30.2. The van der Waals surface area contributed by atoms with Crippen molar-refractivity contribution in [1.82, 2.24) is 24.0 Å². The number of H-pyrrole nitrogens is 1. The highest BCUT2D eigenvalue weighted by molar-refractivity contribution is 6.32. The minimum absolute atomic E-state index is 0.126. The lowest BCUT2D eigenvalue weighted by molar-refractivity contribution is 0.0697. The lowest BCUT2D eigenvalue weighted by atomic mass is 10.1. The van der Waals surface area contributed by atoms with E-state index in [1.807, 2.05) is 0 Å². The number of aromatic amines is 1. The van der Waals surface area contributed by atoms with Crippen LogP contribution in [0.5, 0.6) is 0 Å². The number of carboxylic acid groups (broad SMARTS) is 3. The van der Waals surface area contributed by atoms with Gasteiger partial charge in [-0.2, -0.15) is 14.7 Å². The van der Waals surface area contributed by atoms with Crippen molar-refractivity contribution in [2.24, 2.45) is 0 Å². The Labute approximate surface area is 205 Å². The van der Waals surface area contributed by atoms with E-state index in [-0.39, 0.29) is 10.8 Å². The fraction of sp³-hybridized carbons (Fsp3) is 0. The number of hydrogen-bond donors (Lipinski definition) is 4. The number of imide groups is 2. The first-order valence-corrected chi connectivity index (χ1v) is 10.8. The molecule has 0 spiro atoms. The van der Waals surface area contributed by atoms with E-state index in [0.717, 1.165) is 6.07 Å². The first-order chi connectivity index (χ1) is 17.8. The summed E-state index contributed by atoms with van der Waals surface area (Å²) < 4.78 is -0.418. The predicted molar refractivity (Wildman–Crippen MR) is 130 cm³/mol. The fourth-order valence-corrected chi connectivity index (χ4v) is 4.69. The van der Waals surface area contributed by atoms with Crippen molar-refractivity contribution in [2.45, 2.75) is 0 Å². The Morgan fingerprint density at radius 3 is 2.22 bits per heavy atom. The largest absolute Gasteiger partial charge is 0.536 e. The van der Waals surface area contributed by atoms with Crippen molar-refractivity contribution in [3.8, 4) is 5.95 Å². The predicted octanol–water partition coefficient (Wildman–Crippen LogP) is 4.54. The number of nitrogens with zero attached hydrogens (tertiary/aromatic N) is 5. The van der Waals surface area contributed by atoms with Gasteiger partial charge in [0.1, 0.15) is 5.69 Å². The molecule has 4 amide bonds. The van der Waals surface area contributed by atoms with Crippen molar-refractivity contribution in [2.75, 3.05) is 4.90 Å². The molecule has 37 heavy (non-hydrogen) atoms. The molecular formula is C24H15N6O7+. The van der Waals surface area contributed by atoms with Crippen molar-refractivity contribution in [1.29, 1.82) is 0 Å². The van der Waals surface area contributed by atoms with Crippen LogP contribution in [-0.2, 0) is 0 Å². The highest BCUT2D eigenvalue weighted by Gasteiger charge is 2.66. The van der Waals surface area contributed by atoms with Crippen LogP contribution >= 0.6 is 0 Å². The van der Waals surface area contributed by atoms with E-state index < -0.39 is 51.6 Å². The molecule has 0 fully saturated rings. The topological polar surface area (TPSA) is 179 Å². The third-order valence-electron chi connectivity index (χ3n) is 6.22. The Morgan fingerprint density at radius 1 is 0.838 bits per heavy atom. The minimum Gasteiger partial charge on any atom is -0.478 e. The molecule has 13 nitrogen and oxygen atoms in total. The Bertz CT molecular complexity index is 1790. The van der Waals surface area contributed by atoms with Crippen molar-refractivity contribution in [3.05, 3.63) is 72.3 Å². The molecule has 0 aliphatic carbocycles. The molecule has 0 saturated heterocycles. The minimum atomic E-state index is -1.84. The number of hydrogen-bond acceptors (Lipinski definition) is 6. The number of nitrogens with one attached hydrogen (secondary N) is 1. The molecule has 1 atom stereocenters. The lowest BCUT2D eigenvalue weighted by Crippen LogP contribution is -2.57. The molecule has 0 bridgehead atoms. The van der Waals surface area contributed by atoms with E-state index in [1.54, 1.807) is 48.5 Å². The van der Waals surface area contributed by atoms with Gasteiger partial charge in [0.25, 0.3) is 0 Å². The van der Waals surface area contributed by atoms with Gasteiger partial charge in [0.05, 0.1) is 27.6 Å². The summed E-state index contributed by atoms with van der Waals surface area (Å²) in [5.41, 5.74) is 0.335. The number of anilines is 1. The summed E-state index contributed by atoms with van der Waals surface area (Å²) in [6, 6.07) is 15.7. The average molecular weight is 499 g/mol. The normalized spacial score (nSPS) is 16.9. The van der Waals surface area contributed by atoms with Gasteiger partial charge in [-0.1, -0.05) is 30.3 Å². The van der Waals surface area contributed by atoms with E-state index in [4.69, 9.17) is 0 Å². The van der Waals surface area contributed by atoms with Gasteiger partial charge in [-0.15, -0.1) is 0 Å². The molecule has 1 aliphatic heterocycles. The third kappa shape index (κ3) is 2.76. The van der Waals surface area contributed by atoms with Gasteiger partial charge in [-0.25, -0.2) is 23.9 Å². The SMILES string of the molecule is O=C(O)c1cccc2c1N(C(=O)O)C(=O)[N+]2(C(=O)O)c1nc2ccccc2n1-c1nc2ccccc2[nH]1. The first kappa shape index (κ1) is 21.9. The second-order valence-corrected chi connectivity index (χ2v) is 8.15. The number of fused-ring (bicyclic) bond motifs is 3. The molecule has 1 aliphatic rings. The molecule has 6 rings (SSSR count). The third-order valence-corrected chi connectivity index (χ3v) is 6.22. The number of amides is 4. The molecule has 4 N–H and O–H groups in total. The van der Waals surface area contributed by atoms with Crippen LogP contribution in [0.4, 0.5) is 31.7 Å². The monoisotopic (exact) mass is 499 g/mol. The number of urea groups is 1. The van der Waals surface area contributed by atoms with Gasteiger partial charge in [0.2, 0.25) is 5.95 Å². The van der Waals surface area contributed by atoms with Gasteiger partial charge >= 0.3 is 30.1 Å². The smallest absolute Gasteiger partial charge is 0.478 e. The van der Waals surface area contributed by atoms with Crippen LogP contribution in [0.3, 0.4) is 0 Å². The molecule has 5 aromatic rings. The van der Waals surface area contributed by atoms with E-state index in [9.17, 15) is 34.5 Å². The van der Waals surface area contributed by atoms with Crippen LogP contribution < -0.4 is 9.38 Å². The highest BCUT2D eigenvalue weighted by atomic mass is 16.4. The van der Waals surface area contributed by atoms with Crippen LogP contribution in [0.2, 0.25) is 0 Å². The standard InChI is InChI=1S/C24H14N6O7/c31-19(32)12-6-5-11-17-18(12)29(23(34)35)22(33)30(17,24(36)37)21-27-15-9-3-4-10-16(15)28(21)20-25-13-7-1-2-8-14(13)26-20/h1-11H,(H3-,25,26,31,32,34,35,36,37)/p+1. The van der Waals surface area contributed by atoms with Crippen LogP contribution in [0.15, 0.2) is 66.7 Å². The van der Waals surface area contributed by atoms with Crippen molar-refractivity contribution < 1.29 is 34.5 Å². The Balaban J connectivity index is 1.78. The van der Waals surface area contributed by atoms with Crippen LogP contribution in [0.25, 0.3) is 28.0 Å². The highest BCUT2D eigenvalue weighted by Crippen LogP contribution is 2.51. The molecular weight excluding hydrogens is 484 g/mol. The summed E-state index contributed by atoms with van der Waals surface area (Å²) in [4.78, 5) is 63.3. The molecule has 182 valence electrons. The van der Waals surface area contributed by atoms with Gasteiger partial charge in [-0.05, 0) is 34.8 Å². The van der Waals surface area contributed by atoms with Gasteiger partial charge in [0, 0.05) is 6.07 Å². The molecule has 3 heterocycles. The second kappa shape index (κ2) is 7.47. The summed E-state index contributed by atoms with van der Waals surface area (Å²) in [6.45, 7) is 0. The molecule has 0 saturated carbocycles. The summed E-state index contributed by atoms with van der Waals surface area (Å²) in [6.07, 6.45) is -3.63. The van der Waals surface area contributed by atoms with Crippen LogP contribution in [0, 0.1) is 0 Å². The number of aromatic nitrogens is 4. The Morgan fingerprint density at radius 2 is 1.54 bits per heavy atom.